The van der Waals surface area contributed by atoms with Crippen molar-refractivity contribution < 1.29 is 4.52 Å². The van der Waals surface area contributed by atoms with Crippen molar-refractivity contribution in [2.24, 2.45) is 29.6 Å². The average molecular weight is 315 g/mol. The van der Waals surface area contributed by atoms with E-state index in [0.717, 1.165) is 35.4 Å². The van der Waals surface area contributed by atoms with Crippen molar-refractivity contribution in [1.29, 1.82) is 0 Å². The molecule has 0 spiro atoms. The maximum Gasteiger partial charge on any atom is 0.244 e. The fourth-order valence-electron chi connectivity index (χ4n) is 5.92. The largest absolute Gasteiger partial charge is 0.338 e. The summed E-state index contributed by atoms with van der Waals surface area (Å²) in [5, 5.41) is 8.18. The number of nitrogens with one attached hydrogen (secondary N) is 1. The Morgan fingerprint density at radius 1 is 1.04 bits per heavy atom. The molecule has 0 aromatic carbocycles. The highest BCUT2D eigenvalue weighted by atomic mass is 16.5. The van der Waals surface area contributed by atoms with Gasteiger partial charge in [-0.05, 0) is 68.1 Å². The van der Waals surface area contributed by atoms with Gasteiger partial charge in [-0.25, -0.2) is 0 Å². The van der Waals surface area contributed by atoms with Crippen molar-refractivity contribution in [2.45, 2.75) is 76.8 Å². The molecule has 5 rings (SSSR count). The third kappa shape index (κ3) is 2.36. The predicted octanol–water partition coefficient (Wildman–Crippen LogP) is 4.06. The second-order valence-electron chi connectivity index (χ2n) is 8.91. The van der Waals surface area contributed by atoms with E-state index in [9.17, 15) is 0 Å². The molecule has 1 aromatic heterocycles. The summed E-state index contributed by atoms with van der Waals surface area (Å²) in [6.07, 6.45) is 9.75. The van der Waals surface area contributed by atoms with Crippen molar-refractivity contribution in [2.75, 3.05) is 0 Å². The van der Waals surface area contributed by atoms with Gasteiger partial charge in [0.2, 0.25) is 5.89 Å². The fourth-order valence-corrected chi connectivity index (χ4v) is 5.92. The van der Waals surface area contributed by atoms with Crippen LogP contribution in [0.4, 0.5) is 0 Å². The molecule has 23 heavy (non-hydrogen) atoms. The third-order valence-electron chi connectivity index (χ3n) is 7.16. The average Bonchev–Trinajstić information content (AvgIpc) is 2.97. The normalized spacial score (nSPS) is 40.0. The first-order valence-corrected chi connectivity index (χ1v) is 9.80. The van der Waals surface area contributed by atoms with Crippen LogP contribution in [0.25, 0.3) is 0 Å². The zero-order chi connectivity index (χ0) is 15.6. The van der Waals surface area contributed by atoms with Crippen LogP contribution in [0.2, 0.25) is 0 Å². The van der Waals surface area contributed by atoms with Crippen molar-refractivity contribution in [3.8, 4) is 0 Å². The first-order valence-electron chi connectivity index (χ1n) is 9.80. The predicted molar refractivity (Wildman–Crippen MR) is 87.8 cm³/mol. The van der Waals surface area contributed by atoms with Gasteiger partial charge in [-0.2, -0.15) is 4.98 Å². The number of rotatable bonds is 5. The van der Waals surface area contributed by atoms with Gasteiger partial charge in [0, 0.05) is 12.0 Å². The third-order valence-corrected chi connectivity index (χ3v) is 7.16. The molecule has 126 valence electrons. The molecule has 0 aliphatic heterocycles. The zero-order valence-corrected chi connectivity index (χ0v) is 14.4. The molecule has 4 saturated carbocycles. The van der Waals surface area contributed by atoms with Crippen LogP contribution in [0, 0.1) is 29.6 Å². The van der Waals surface area contributed by atoms with Crippen LogP contribution in [0.5, 0.6) is 0 Å². The van der Waals surface area contributed by atoms with E-state index in [4.69, 9.17) is 9.51 Å². The topological polar surface area (TPSA) is 51.0 Å². The fraction of sp³-hybridized carbons (Fsp3) is 0.895. The van der Waals surface area contributed by atoms with Gasteiger partial charge in [0.15, 0.2) is 5.82 Å². The lowest BCUT2D eigenvalue weighted by Crippen LogP contribution is -2.42. The summed E-state index contributed by atoms with van der Waals surface area (Å²) in [5.74, 6) is 6.78. The maximum absolute atomic E-state index is 5.64. The smallest absolute Gasteiger partial charge is 0.244 e. The number of hydrogen-bond acceptors (Lipinski definition) is 4. The number of aromatic nitrogens is 2. The quantitative estimate of drug-likeness (QED) is 0.890. The first kappa shape index (κ1) is 14.4. The van der Waals surface area contributed by atoms with Gasteiger partial charge < -0.3 is 9.84 Å². The molecular formula is C19H29N3O. The zero-order valence-electron chi connectivity index (χ0n) is 14.4. The van der Waals surface area contributed by atoms with Crippen molar-refractivity contribution >= 4 is 0 Å². The monoisotopic (exact) mass is 315 g/mol. The van der Waals surface area contributed by atoms with Gasteiger partial charge in [0.05, 0.1) is 6.04 Å². The summed E-state index contributed by atoms with van der Waals surface area (Å²) >= 11 is 0. The van der Waals surface area contributed by atoms with Crippen LogP contribution in [0.3, 0.4) is 0 Å². The number of fused-ring (bicyclic) bond motifs is 5. The summed E-state index contributed by atoms with van der Waals surface area (Å²) in [6, 6.07) is 0.891. The van der Waals surface area contributed by atoms with Gasteiger partial charge in [-0.15, -0.1) is 0 Å². The Morgan fingerprint density at radius 2 is 1.87 bits per heavy atom. The lowest BCUT2D eigenvalue weighted by atomic mass is 9.78. The Bertz CT molecular complexity index is 579. The van der Waals surface area contributed by atoms with Crippen molar-refractivity contribution in [3.63, 3.8) is 0 Å². The standard InChI is InChI=1S/C19H29N3O/c1-10(2)17(19-21-18(22-23-19)11-6-7-11)20-16-9-12-8-15(16)14-5-3-4-13(12)14/h10-17,20H,3-9H2,1-2H3/t12-,13+,14-,15+,16-,17+/m1/s1. The molecule has 0 unspecified atom stereocenters. The highest BCUT2D eigenvalue weighted by Crippen LogP contribution is 2.59. The molecule has 0 saturated heterocycles. The highest BCUT2D eigenvalue weighted by Gasteiger charge is 2.54. The summed E-state index contributed by atoms with van der Waals surface area (Å²) in [7, 11) is 0. The van der Waals surface area contributed by atoms with Crippen molar-refractivity contribution in [3.05, 3.63) is 11.7 Å². The first-order chi connectivity index (χ1) is 11.2. The van der Waals surface area contributed by atoms with Crippen LogP contribution in [0.15, 0.2) is 4.52 Å². The van der Waals surface area contributed by atoms with Gasteiger partial charge in [-0.1, -0.05) is 25.4 Å². The van der Waals surface area contributed by atoms with E-state index in [1.165, 1.54) is 44.9 Å². The minimum absolute atomic E-state index is 0.221. The SMILES string of the molecule is CC(C)[C@H](N[C@@H]1C[C@H]2C[C@H]1[C@@H]1CCC[C@@H]21)c1nc(C2CC2)no1. The van der Waals surface area contributed by atoms with E-state index in [1.807, 2.05) is 0 Å². The van der Waals surface area contributed by atoms with Gasteiger partial charge in [0.1, 0.15) is 0 Å². The minimum Gasteiger partial charge on any atom is -0.338 e. The lowest BCUT2D eigenvalue weighted by Gasteiger charge is -2.35. The maximum atomic E-state index is 5.64. The molecule has 4 aliphatic rings. The van der Waals surface area contributed by atoms with Crippen LogP contribution < -0.4 is 5.32 Å². The molecule has 6 atom stereocenters. The van der Waals surface area contributed by atoms with E-state index in [1.54, 1.807) is 0 Å². The number of nitrogens with zero attached hydrogens (tertiary/aromatic N) is 2. The second-order valence-corrected chi connectivity index (χ2v) is 8.91. The van der Waals surface area contributed by atoms with Crippen LogP contribution in [-0.2, 0) is 0 Å². The number of hydrogen-bond donors (Lipinski definition) is 1. The second kappa shape index (κ2) is 5.30. The molecule has 4 fully saturated rings. The molecular weight excluding hydrogens is 286 g/mol. The molecule has 1 N–H and O–H groups in total. The summed E-state index contributed by atoms with van der Waals surface area (Å²) in [5.41, 5.74) is 0. The Hall–Kier alpha value is -0.900. The highest BCUT2D eigenvalue weighted by molar-refractivity contribution is 5.09. The van der Waals surface area contributed by atoms with Gasteiger partial charge in [-0.3, -0.25) is 0 Å². The van der Waals surface area contributed by atoms with Crippen LogP contribution in [-0.4, -0.2) is 16.2 Å². The summed E-state index contributed by atoms with van der Waals surface area (Å²) < 4.78 is 5.64. The molecule has 0 amide bonds. The van der Waals surface area contributed by atoms with E-state index < -0.39 is 0 Å². The summed E-state index contributed by atoms with van der Waals surface area (Å²) in [4.78, 5) is 4.72. The molecule has 2 bridgehead atoms. The van der Waals surface area contributed by atoms with E-state index >= 15 is 0 Å². The molecule has 4 heteroatoms. The van der Waals surface area contributed by atoms with Crippen LogP contribution in [0.1, 0.15) is 82.5 Å². The molecule has 1 heterocycles. The van der Waals surface area contributed by atoms with E-state index in [-0.39, 0.29) is 6.04 Å². The van der Waals surface area contributed by atoms with Gasteiger partial charge >= 0.3 is 0 Å². The molecule has 4 aliphatic carbocycles. The van der Waals surface area contributed by atoms with Gasteiger partial charge in [0.25, 0.3) is 0 Å². The molecule has 4 nitrogen and oxygen atoms in total. The molecule has 0 radical (unpaired) electrons. The Labute approximate surface area is 138 Å². The molecule has 1 aromatic rings. The van der Waals surface area contributed by atoms with E-state index in [2.05, 4.69) is 24.3 Å². The summed E-state index contributed by atoms with van der Waals surface area (Å²) in [6.45, 7) is 4.54. The van der Waals surface area contributed by atoms with Crippen LogP contribution >= 0.6 is 0 Å². The van der Waals surface area contributed by atoms with Crippen molar-refractivity contribution in [1.82, 2.24) is 15.5 Å². The lowest BCUT2D eigenvalue weighted by molar-refractivity contribution is 0.175. The Morgan fingerprint density at radius 3 is 2.65 bits per heavy atom. The minimum atomic E-state index is 0.221. The Balaban J connectivity index is 1.32. The Kier molecular flexibility index (Phi) is 3.33. The van der Waals surface area contributed by atoms with E-state index in [0.29, 0.717) is 17.9 Å².